The number of rotatable bonds is 3. The fraction of sp³-hybridized carbons (Fsp3) is 0.357. The average molecular weight is 256 g/mol. The molecule has 1 aliphatic rings. The molecule has 0 aliphatic carbocycles. The zero-order valence-electron chi connectivity index (χ0n) is 10.6. The predicted octanol–water partition coefficient (Wildman–Crippen LogP) is 1.18. The second-order valence-electron chi connectivity index (χ2n) is 4.80. The molecule has 3 heterocycles. The van der Waals surface area contributed by atoms with E-state index in [-0.39, 0.29) is 11.6 Å². The number of H-pyrrole nitrogens is 1. The molecule has 0 aromatic carbocycles. The van der Waals surface area contributed by atoms with Gasteiger partial charge in [0, 0.05) is 24.9 Å². The second kappa shape index (κ2) is 5.32. The van der Waals surface area contributed by atoms with E-state index in [0.29, 0.717) is 6.42 Å². The van der Waals surface area contributed by atoms with E-state index in [1.807, 2.05) is 12.1 Å². The van der Waals surface area contributed by atoms with Crippen LogP contribution < -0.4 is 10.9 Å². The molecule has 0 amide bonds. The number of nitrogens with one attached hydrogen (secondary N) is 2. The lowest BCUT2D eigenvalue weighted by Crippen LogP contribution is -2.21. The van der Waals surface area contributed by atoms with Gasteiger partial charge >= 0.3 is 0 Å². The lowest BCUT2D eigenvalue weighted by Gasteiger charge is -2.10. The minimum atomic E-state index is -0.0808. The van der Waals surface area contributed by atoms with E-state index in [1.165, 1.54) is 0 Å². The van der Waals surface area contributed by atoms with Crippen LogP contribution in [0.2, 0.25) is 0 Å². The summed E-state index contributed by atoms with van der Waals surface area (Å²) in [5.41, 5.74) is 1.83. The summed E-state index contributed by atoms with van der Waals surface area (Å²) < 4.78 is 0. The summed E-state index contributed by atoms with van der Waals surface area (Å²) in [5.74, 6) is 0.758. The molecule has 1 unspecified atom stereocenters. The maximum absolute atomic E-state index is 11.7. The number of aromatic nitrogens is 3. The van der Waals surface area contributed by atoms with Crippen molar-refractivity contribution in [1.82, 2.24) is 20.3 Å². The molecule has 0 spiro atoms. The first-order valence-corrected chi connectivity index (χ1v) is 6.54. The molecule has 1 fully saturated rings. The van der Waals surface area contributed by atoms with Crippen LogP contribution in [0.5, 0.6) is 0 Å². The van der Waals surface area contributed by atoms with Crippen molar-refractivity contribution >= 4 is 0 Å². The van der Waals surface area contributed by atoms with E-state index >= 15 is 0 Å². The van der Waals surface area contributed by atoms with Gasteiger partial charge in [-0.15, -0.1) is 0 Å². The summed E-state index contributed by atoms with van der Waals surface area (Å²) in [4.78, 5) is 23.1. The second-order valence-corrected chi connectivity index (χ2v) is 4.80. The molecule has 0 radical (unpaired) electrons. The first-order valence-electron chi connectivity index (χ1n) is 6.54. The molecule has 1 aliphatic heterocycles. The molecule has 2 N–H and O–H groups in total. The Bertz CT molecular complexity index is 602. The van der Waals surface area contributed by atoms with Crippen molar-refractivity contribution in [3.63, 3.8) is 0 Å². The van der Waals surface area contributed by atoms with E-state index in [9.17, 15) is 4.79 Å². The molecule has 5 nitrogen and oxygen atoms in total. The summed E-state index contributed by atoms with van der Waals surface area (Å²) in [6.45, 7) is 0.989. The Hall–Kier alpha value is -2.01. The zero-order chi connectivity index (χ0) is 13.1. The number of nitrogens with zero attached hydrogens (tertiary/aromatic N) is 2. The molecule has 5 heteroatoms. The Labute approximate surface area is 111 Å². The van der Waals surface area contributed by atoms with E-state index in [1.54, 1.807) is 18.5 Å². The minimum absolute atomic E-state index is 0.0808. The fourth-order valence-corrected chi connectivity index (χ4v) is 2.41. The van der Waals surface area contributed by atoms with Gasteiger partial charge in [0.1, 0.15) is 5.82 Å². The third-order valence-electron chi connectivity index (χ3n) is 3.34. The first kappa shape index (κ1) is 12.0. The standard InChI is InChI=1S/C14H16N4O/c19-13-9-11(8-10-3-6-15-7-4-10)17-14(18-13)12-2-1-5-16-12/h3-4,6-7,9,12,16H,1-2,5,8H2,(H,17,18,19). The van der Waals surface area contributed by atoms with Gasteiger partial charge in [0.05, 0.1) is 11.7 Å². The number of pyridine rings is 1. The Balaban J connectivity index is 1.87. The Morgan fingerprint density at radius 3 is 2.89 bits per heavy atom. The van der Waals surface area contributed by atoms with Crippen LogP contribution in [0, 0.1) is 0 Å². The number of hydrogen-bond acceptors (Lipinski definition) is 4. The van der Waals surface area contributed by atoms with Crippen molar-refractivity contribution < 1.29 is 0 Å². The van der Waals surface area contributed by atoms with Crippen molar-refractivity contribution in [1.29, 1.82) is 0 Å². The van der Waals surface area contributed by atoms with Crippen LogP contribution in [0.15, 0.2) is 35.4 Å². The molecule has 3 rings (SSSR count). The topological polar surface area (TPSA) is 70.7 Å². The molecule has 1 atom stereocenters. The molecule has 2 aromatic heterocycles. The van der Waals surface area contributed by atoms with E-state index < -0.39 is 0 Å². The highest BCUT2D eigenvalue weighted by Gasteiger charge is 2.18. The lowest BCUT2D eigenvalue weighted by atomic mass is 10.1. The van der Waals surface area contributed by atoms with Crippen molar-refractivity contribution in [3.05, 3.63) is 58.0 Å². The molecule has 2 aromatic rings. The zero-order valence-corrected chi connectivity index (χ0v) is 10.6. The number of hydrogen-bond donors (Lipinski definition) is 2. The summed E-state index contributed by atoms with van der Waals surface area (Å²) in [6.07, 6.45) is 6.32. The molecule has 19 heavy (non-hydrogen) atoms. The third kappa shape index (κ3) is 2.88. The Morgan fingerprint density at radius 1 is 1.32 bits per heavy atom. The van der Waals surface area contributed by atoms with Crippen LogP contribution in [0.1, 0.15) is 36.0 Å². The molecular weight excluding hydrogens is 240 g/mol. The maximum atomic E-state index is 11.7. The van der Waals surface area contributed by atoms with E-state index in [0.717, 1.165) is 36.5 Å². The maximum Gasteiger partial charge on any atom is 0.251 e. The highest BCUT2D eigenvalue weighted by Crippen LogP contribution is 2.19. The normalized spacial score (nSPS) is 18.6. The van der Waals surface area contributed by atoms with Gasteiger partial charge in [-0.2, -0.15) is 0 Å². The smallest absolute Gasteiger partial charge is 0.251 e. The molecule has 1 saturated heterocycles. The predicted molar refractivity (Wildman–Crippen MR) is 71.9 cm³/mol. The highest BCUT2D eigenvalue weighted by molar-refractivity contribution is 5.19. The fourth-order valence-electron chi connectivity index (χ4n) is 2.41. The minimum Gasteiger partial charge on any atom is -0.309 e. The van der Waals surface area contributed by atoms with E-state index in [2.05, 4.69) is 20.3 Å². The molecular formula is C14H16N4O. The van der Waals surface area contributed by atoms with Crippen molar-refractivity contribution in [2.45, 2.75) is 25.3 Å². The highest BCUT2D eigenvalue weighted by atomic mass is 16.1. The third-order valence-corrected chi connectivity index (χ3v) is 3.34. The van der Waals surface area contributed by atoms with Crippen LogP contribution in [0.3, 0.4) is 0 Å². The van der Waals surface area contributed by atoms with Crippen molar-refractivity contribution in [3.8, 4) is 0 Å². The van der Waals surface area contributed by atoms with Gasteiger partial charge in [0.15, 0.2) is 0 Å². The Morgan fingerprint density at radius 2 is 2.16 bits per heavy atom. The average Bonchev–Trinajstić information content (AvgIpc) is 2.93. The largest absolute Gasteiger partial charge is 0.309 e. The molecule has 98 valence electrons. The van der Waals surface area contributed by atoms with Gasteiger partial charge < -0.3 is 10.3 Å². The lowest BCUT2D eigenvalue weighted by molar-refractivity contribution is 0.598. The molecule has 0 bridgehead atoms. The monoisotopic (exact) mass is 256 g/mol. The summed E-state index contributed by atoms with van der Waals surface area (Å²) in [6, 6.07) is 5.64. The van der Waals surface area contributed by atoms with Crippen LogP contribution in [0.4, 0.5) is 0 Å². The molecule has 0 saturated carbocycles. The first-order chi connectivity index (χ1) is 9.31. The van der Waals surface area contributed by atoms with Gasteiger partial charge in [-0.3, -0.25) is 9.78 Å². The van der Waals surface area contributed by atoms with Crippen LogP contribution in [-0.4, -0.2) is 21.5 Å². The summed E-state index contributed by atoms with van der Waals surface area (Å²) in [7, 11) is 0. The van der Waals surface area contributed by atoms with Crippen LogP contribution in [0.25, 0.3) is 0 Å². The van der Waals surface area contributed by atoms with Crippen molar-refractivity contribution in [2.24, 2.45) is 0 Å². The van der Waals surface area contributed by atoms with Crippen LogP contribution >= 0.6 is 0 Å². The SMILES string of the molecule is O=c1cc(Cc2ccncc2)nc(C2CCCN2)[nH]1. The summed E-state index contributed by atoms with van der Waals surface area (Å²) in [5, 5.41) is 3.35. The van der Waals surface area contributed by atoms with Gasteiger partial charge in [-0.05, 0) is 37.1 Å². The van der Waals surface area contributed by atoms with Crippen LogP contribution in [-0.2, 0) is 6.42 Å². The van der Waals surface area contributed by atoms with Gasteiger partial charge in [0.25, 0.3) is 5.56 Å². The van der Waals surface area contributed by atoms with Gasteiger partial charge in [-0.25, -0.2) is 4.98 Å². The Kier molecular flexibility index (Phi) is 3.37. The van der Waals surface area contributed by atoms with Gasteiger partial charge in [0.2, 0.25) is 0 Å². The quantitative estimate of drug-likeness (QED) is 0.865. The van der Waals surface area contributed by atoms with Crippen molar-refractivity contribution in [2.75, 3.05) is 6.54 Å². The van der Waals surface area contributed by atoms with Gasteiger partial charge in [-0.1, -0.05) is 0 Å². The number of aromatic amines is 1. The van der Waals surface area contributed by atoms with E-state index in [4.69, 9.17) is 0 Å². The summed E-state index contributed by atoms with van der Waals surface area (Å²) >= 11 is 0.